The summed E-state index contributed by atoms with van der Waals surface area (Å²) in [5, 5.41) is 2.68. The van der Waals surface area contributed by atoms with E-state index in [2.05, 4.69) is 5.32 Å². The summed E-state index contributed by atoms with van der Waals surface area (Å²) in [7, 11) is 0. The number of hydrogen-bond acceptors (Lipinski definition) is 4. The highest BCUT2D eigenvalue weighted by atomic mass is 16.5. The third-order valence-electron chi connectivity index (χ3n) is 2.91. The molecule has 2 aromatic rings. The van der Waals surface area contributed by atoms with Gasteiger partial charge in [0.05, 0.1) is 12.8 Å². The summed E-state index contributed by atoms with van der Waals surface area (Å²) in [5.41, 5.74) is 0.645. The molecule has 2 rings (SSSR count). The fourth-order valence-electron chi connectivity index (χ4n) is 1.74. The van der Waals surface area contributed by atoms with Crippen molar-refractivity contribution in [1.82, 2.24) is 5.32 Å². The first kappa shape index (κ1) is 14.8. The second-order valence-electron chi connectivity index (χ2n) is 4.45. The Morgan fingerprint density at radius 3 is 2.57 bits per heavy atom. The van der Waals surface area contributed by atoms with E-state index in [1.807, 2.05) is 6.92 Å². The molecule has 1 aromatic carbocycles. The molecule has 0 radical (unpaired) electrons. The minimum absolute atomic E-state index is 0.0812. The van der Waals surface area contributed by atoms with E-state index in [0.29, 0.717) is 30.0 Å². The Hall–Kier alpha value is -2.56. The van der Waals surface area contributed by atoms with Crippen LogP contribution in [0.4, 0.5) is 0 Å². The van der Waals surface area contributed by atoms with Crippen LogP contribution in [0.1, 0.15) is 29.5 Å². The number of carbonyl (C=O) groups is 2. The summed E-state index contributed by atoms with van der Waals surface area (Å²) in [6, 6.07) is 10.3. The molecular formula is C16H17NO4. The van der Waals surface area contributed by atoms with Crippen LogP contribution in [0.15, 0.2) is 47.1 Å². The number of hydrogen-bond donors (Lipinski definition) is 1. The summed E-state index contributed by atoms with van der Waals surface area (Å²) in [6.45, 7) is 2.07. The van der Waals surface area contributed by atoms with Crippen molar-refractivity contribution in [3.63, 3.8) is 0 Å². The molecule has 0 aliphatic heterocycles. The molecule has 0 unspecified atom stereocenters. The van der Waals surface area contributed by atoms with Crippen molar-refractivity contribution in [2.45, 2.75) is 19.9 Å². The average Bonchev–Trinajstić information content (AvgIpc) is 3.04. The second kappa shape index (κ2) is 7.28. The maximum atomic E-state index is 11.6. The zero-order valence-corrected chi connectivity index (χ0v) is 11.8. The van der Waals surface area contributed by atoms with Crippen LogP contribution < -0.4 is 10.1 Å². The van der Waals surface area contributed by atoms with Crippen LogP contribution in [-0.2, 0) is 11.3 Å². The van der Waals surface area contributed by atoms with Crippen LogP contribution in [0.5, 0.6) is 5.75 Å². The van der Waals surface area contributed by atoms with Gasteiger partial charge in [-0.1, -0.05) is 6.92 Å². The van der Waals surface area contributed by atoms with E-state index in [-0.39, 0.29) is 18.3 Å². The number of ether oxygens (including phenoxy) is 1. The Balaban J connectivity index is 1.77. The van der Waals surface area contributed by atoms with Gasteiger partial charge in [-0.25, -0.2) is 0 Å². The van der Waals surface area contributed by atoms with Crippen molar-refractivity contribution < 1.29 is 18.7 Å². The summed E-state index contributed by atoms with van der Waals surface area (Å²) < 4.78 is 10.5. The third-order valence-corrected chi connectivity index (χ3v) is 2.91. The highest BCUT2D eigenvalue weighted by Gasteiger charge is 2.06. The van der Waals surface area contributed by atoms with Gasteiger partial charge in [0.1, 0.15) is 11.5 Å². The van der Waals surface area contributed by atoms with Crippen molar-refractivity contribution in [3.8, 4) is 5.75 Å². The average molecular weight is 287 g/mol. The predicted octanol–water partition coefficient (Wildman–Crippen LogP) is 2.57. The zero-order chi connectivity index (χ0) is 15.1. The number of furan rings is 1. The standard InChI is InChI=1S/C16H17NO4/c1-2-15(18)12-5-7-13(8-6-12)21-11-16(19)17-10-14-4-3-9-20-14/h3-9H,2,10-11H2,1H3,(H,17,19). The molecule has 5 heteroatoms. The number of rotatable bonds is 7. The van der Waals surface area contributed by atoms with Gasteiger partial charge in [-0.3, -0.25) is 9.59 Å². The molecule has 0 atom stereocenters. The van der Waals surface area contributed by atoms with Crippen molar-refractivity contribution in [2.75, 3.05) is 6.61 Å². The third kappa shape index (κ3) is 4.49. The summed E-state index contributed by atoms with van der Waals surface area (Å²) in [5.74, 6) is 1.08. The minimum Gasteiger partial charge on any atom is -0.484 e. The molecule has 1 amide bonds. The minimum atomic E-state index is -0.236. The van der Waals surface area contributed by atoms with E-state index >= 15 is 0 Å². The molecule has 0 spiro atoms. The van der Waals surface area contributed by atoms with E-state index in [0.717, 1.165) is 0 Å². The molecule has 0 bridgehead atoms. The zero-order valence-electron chi connectivity index (χ0n) is 11.8. The Morgan fingerprint density at radius 2 is 1.95 bits per heavy atom. The van der Waals surface area contributed by atoms with Gasteiger partial charge >= 0.3 is 0 Å². The molecule has 0 saturated heterocycles. The smallest absolute Gasteiger partial charge is 0.258 e. The molecule has 0 saturated carbocycles. The lowest BCUT2D eigenvalue weighted by Crippen LogP contribution is -2.28. The Labute approximate surface area is 122 Å². The fraction of sp³-hybridized carbons (Fsp3) is 0.250. The summed E-state index contributed by atoms with van der Waals surface area (Å²) >= 11 is 0. The first-order valence-corrected chi connectivity index (χ1v) is 6.74. The maximum Gasteiger partial charge on any atom is 0.258 e. The van der Waals surface area contributed by atoms with Crippen LogP contribution in [0.25, 0.3) is 0 Å². The summed E-state index contributed by atoms with van der Waals surface area (Å²) in [4.78, 5) is 23.1. The van der Waals surface area contributed by atoms with Gasteiger partial charge in [0, 0.05) is 12.0 Å². The van der Waals surface area contributed by atoms with Crippen LogP contribution in [0.3, 0.4) is 0 Å². The normalized spacial score (nSPS) is 10.1. The molecule has 1 N–H and O–H groups in total. The molecule has 0 aliphatic carbocycles. The van der Waals surface area contributed by atoms with Gasteiger partial charge in [-0.15, -0.1) is 0 Å². The van der Waals surface area contributed by atoms with Crippen LogP contribution in [0, 0.1) is 0 Å². The lowest BCUT2D eigenvalue weighted by Gasteiger charge is -2.07. The van der Waals surface area contributed by atoms with E-state index in [9.17, 15) is 9.59 Å². The molecule has 110 valence electrons. The molecular weight excluding hydrogens is 270 g/mol. The Kier molecular flexibility index (Phi) is 5.15. The first-order chi connectivity index (χ1) is 10.2. The quantitative estimate of drug-likeness (QED) is 0.795. The Bertz CT molecular complexity index is 587. The first-order valence-electron chi connectivity index (χ1n) is 6.74. The van der Waals surface area contributed by atoms with Crippen molar-refractivity contribution in [1.29, 1.82) is 0 Å². The van der Waals surface area contributed by atoms with Crippen LogP contribution in [-0.4, -0.2) is 18.3 Å². The molecule has 21 heavy (non-hydrogen) atoms. The van der Waals surface area contributed by atoms with E-state index < -0.39 is 0 Å². The van der Waals surface area contributed by atoms with Gasteiger partial charge < -0.3 is 14.5 Å². The van der Waals surface area contributed by atoms with Crippen molar-refractivity contribution in [3.05, 3.63) is 54.0 Å². The highest BCUT2D eigenvalue weighted by molar-refractivity contribution is 5.95. The predicted molar refractivity (Wildman–Crippen MR) is 77.1 cm³/mol. The van der Waals surface area contributed by atoms with Gasteiger partial charge in [-0.2, -0.15) is 0 Å². The van der Waals surface area contributed by atoms with Gasteiger partial charge in [-0.05, 0) is 36.4 Å². The van der Waals surface area contributed by atoms with Crippen LogP contribution in [0.2, 0.25) is 0 Å². The maximum absolute atomic E-state index is 11.6. The Morgan fingerprint density at radius 1 is 1.19 bits per heavy atom. The highest BCUT2D eigenvalue weighted by Crippen LogP contribution is 2.13. The second-order valence-corrected chi connectivity index (χ2v) is 4.45. The van der Waals surface area contributed by atoms with Crippen LogP contribution >= 0.6 is 0 Å². The van der Waals surface area contributed by atoms with Crippen molar-refractivity contribution in [2.24, 2.45) is 0 Å². The number of carbonyl (C=O) groups excluding carboxylic acids is 2. The molecule has 1 aromatic heterocycles. The van der Waals surface area contributed by atoms with E-state index in [1.165, 1.54) is 0 Å². The molecule has 0 aliphatic rings. The topological polar surface area (TPSA) is 68.5 Å². The number of Topliss-reactive ketones (excluding diaryl/α,β-unsaturated/α-hetero) is 1. The number of benzene rings is 1. The lowest BCUT2D eigenvalue weighted by atomic mass is 10.1. The number of ketones is 1. The van der Waals surface area contributed by atoms with Gasteiger partial charge in [0.25, 0.3) is 5.91 Å². The SMILES string of the molecule is CCC(=O)c1ccc(OCC(=O)NCc2ccco2)cc1. The van der Waals surface area contributed by atoms with Crippen molar-refractivity contribution >= 4 is 11.7 Å². The molecule has 1 heterocycles. The monoisotopic (exact) mass is 287 g/mol. The fourth-order valence-corrected chi connectivity index (χ4v) is 1.74. The van der Waals surface area contributed by atoms with E-state index in [1.54, 1.807) is 42.7 Å². The molecule has 0 fully saturated rings. The number of amides is 1. The lowest BCUT2D eigenvalue weighted by molar-refractivity contribution is -0.123. The number of nitrogens with one attached hydrogen (secondary N) is 1. The van der Waals surface area contributed by atoms with Gasteiger partial charge in [0.15, 0.2) is 12.4 Å². The summed E-state index contributed by atoms with van der Waals surface area (Å²) in [6.07, 6.45) is 2.02. The molecule has 5 nitrogen and oxygen atoms in total. The van der Waals surface area contributed by atoms with E-state index in [4.69, 9.17) is 9.15 Å². The largest absolute Gasteiger partial charge is 0.484 e. The van der Waals surface area contributed by atoms with Gasteiger partial charge in [0.2, 0.25) is 0 Å².